The fourth-order valence-corrected chi connectivity index (χ4v) is 2.75. The number of phenolic OH excluding ortho intramolecular Hbond substituents is 1. The molecule has 2 heterocycles. The molecule has 0 bridgehead atoms. The van der Waals surface area contributed by atoms with Gasteiger partial charge in [0, 0.05) is 24.7 Å². The van der Waals surface area contributed by atoms with E-state index in [9.17, 15) is 10.2 Å². The number of aliphatic hydroxyl groups excluding tert-OH is 1. The molecule has 0 amide bonds. The zero-order valence-electron chi connectivity index (χ0n) is 16.5. The Kier molecular flexibility index (Phi) is 5.84. The molecule has 9 nitrogen and oxygen atoms in total. The Bertz CT molecular complexity index is 954. The molecular formula is C19H26N6O3. The first-order chi connectivity index (χ1) is 13.4. The van der Waals surface area contributed by atoms with Gasteiger partial charge in [0.1, 0.15) is 11.5 Å². The summed E-state index contributed by atoms with van der Waals surface area (Å²) in [5.41, 5.74) is 2.00. The molecule has 0 fully saturated rings. The smallest absolute Gasteiger partial charge is 0.226 e. The molecular weight excluding hydrogens is 360 g/mol. The fourth-order valence-electron chi connectivity index (χ4n) is 2.75. The third-order valence-corrected chi connectivity index (χ3v) is 4.27. The number of anilines is 2. The van der Waals surface area contributed by atoms with Gasteiger partial charge in [-0.2, -0.15) is 9.97 Å². The van der Waals surface area contributed by atoms with E-state index in [1.807, 2.05) is 18.4 Å². The van der Waals surface area contributed by atoms with Gasteiger partial charge in [0.2, 0.25) is 5.95 Å². The molecule has 1 atom stereocenters. The molecule has 1 unspecified atom stereocenters. The first kappa shape index (κ1) is 19.7. The van der Waals surface area contributed by atoms with Crippen LogP contribution in [-0.4, -0.2) is 49.5 Å². The van der Waals surface area contributed by atoms with Crippen molar-refractivity contribution in [1.29, 1.82) is 0 Å². The summed E-state index contributed by atoms with van der Waals surface area (Å²) >= 11 is 0. The lowest BCUT2D eigenvalue weighted by atomic mass is 10.2. The van der Waals surface area contributed by atoms with Gasteiger partial charge in [0.05, 0.1) is 19.5 Å². The molecule has 0 spiro atoms. The number of nitrogens with one attached hydrogen (secondary N) is 2. The number of aromatic hydroxyl groups is 1. The van der Waals surface area contributed by atoms with Gasteiger partial charge in [-0.15, -0.1) is 0 Å². The molecule has 0 saturated heterocycles. The fraction of sp³-hybridized carbons (Fsp3) is 0.421. The highest BCUT2D eigenvalue weighted by Gasteiger charge is 2.15. The number of nitrogens with zero attached hydrogens (tertiary/aromatic N) is 4. The average molecular weight is 386 g/mol. The van der Waals surface area contributed by atoms with Crippen LogP contribution in [0.15, 0.2) is 24.5 Å². The van der Waals surface area contributed by atoms with E-state index in [2.05, 4.69) is 25.6 Å². The third kappa shape index (κ3) is 4.25. The number of aromatic nitrogens is 4. The summed E-state index contributed by atoms with van der Waals surface area (Å²) in [4.78, 5) is 13.5. The summed E-state index contributed by atoms with van der Waals surface area (Å²) in [5.74, 6) is 1.76. The van der Waals surface area contributed by atoms with E-state index in [-0.39, 0.29) is 11.8 Å². The topological polar surface area (TPSA) is 117 Å². The number of phenols is 1. The Morgan fingerprint density at radius 1 is 1.18 bits per heavy atom. The normalized spacial score (nSPS) is 12.4. The van der Waals surface area contributed by atoms with Crippen LogP contribution in [0.5, 0.6) is 11.5 Å². The van der Waals surface area contributed by atoms with Crippen molar-refractivity contribution in [3.63, 3.8) is 0 Å². The van der Waals surface area contributed by atoms with Gasteiger partial charge < -0.3 is 30.2 Å². The Labute approximate surface area is 163 Å². The Hall–Kier alpha value is -3.07. The molecule has 28 heavy (non-hydrogen) atoms. The van der Waals surface area contributed by atoms with Crippen LogP contribution in [0.4, 0.5) is 11.8 Å². The lowest BCUT2D eigenvalue weighted by molar-refractivity contribution is 0.208. The predicted molar refractivity (Wildman–Crippen MR) is 108 cm³/mol. The second kappa shape index (κ2) is 8.30. The molecule has 0 radical (unpaired) electrons. The number of rotatable bonds is 8. The highest BCUT2D eigenvalue weighted by atomic mass is 16.5. The quantitative estimate of drug-likeness (QED) is 0.467. The lowest BCUT2D eigenvalue weighted by Crippen LogP contribution is -2.18. The van der Waals surface area contributed by atoms with E-state index in [1.54, 1.807) is 38.6 Å². The second-order valence-corrected chi connectivity index (χ2v) is 6.89. The summed E-state index contributed by atoms with van der Waals surface area (Å²) in [5, 5.41) is 25.9. The molecule has 0 aliphatic heterocycles. The average Bonchev–Trinajstić information content (AvgIpc) is 3.10. The minimum Gasteiger partial charge on any atom is -0.508 e. The van der Waals surface area contributed by atoms with E-state index in [0.717, 1.165) is 0 Å². The molecule has 3 aromatic rings. The van der Waals surface area contributed by atoms with Crippen molar-refractivity contribution in [3.8, 4) is 11.5 Å². The van der Waals surface area contributed by atoms with E-state index < -0.39 is 6.10 Å². The molecule has 150 valence electrons. The highest BCUT2D eigenvalue weighted by molar-refractivity contribution is 5.84. The summed E-state index contributed by atoms with van der Waals surface area (Å²) in [6, 6.07) is 5.23. The summed E-state index contributed by atoms with van der Waals surface area (Å²) in [7, 11) is 1.58. The highest BCUT2D eigenvalue weighted by Crippen LogP contribution is 2.26. The van der Waals surface area contributed by atoms with Gasteiger partial charge >= 0.3 is 0 Å². The van der Waals surface area contributed by atoms with Crippen molar-refractivity contribution in [1.82, 2.24) is 19.5 Å². The van der Waals surface area contributed by atoms with Crippen LogP contribution in [0.2, 0.25) is 0 Å². The van der Waals surface area contributed by atoms with Crippen LogP contribution < -0.4 is 15.4 Å². The SMILES string of the molecule is COc1ccc(O)c(CNc2nc(NCC(C)O)nc3c2ncn3C(C)C)c1. The minimum atomic E-state index is -0.528. The number of methoxy groups -OCH3 is 1. The van der Waals surface area contributed by atoms with Gasteiger partial charge in [0.15, 0.2) is 17.0 Å². The number of benzene rings is 1. The van der Waals surface area contributed by atoms with Crippen LogP contribution in [-0.2, 0) is 6.54 Å². The molecule has 0 saturated carbocycles. The van der Waals surface area contributed by atoms with E-state index >= 15 is 0 Å². The van der Waals surface area contributed by atoms with E-state index in [4.69, 9.17) is 4.74 Å². The monoisotopic (exact) mass is 386 g/mol. The Morgan fingerprint density at radius 3 is 2.64 bits per heavy atom. The molecule has 0 aliphatic carbocycles. The van der Waals surface area contributed by atoms with Crippen LogP contribution in [0.1, 0.15) is 32.4 Å². The van der Waals surface area contributed by atoms with Crippen LogP contribution in [0, 0.1) is 0 Å². The van der Waals surface area contributed by atoms with Gasteiger partial charge in [0.25, 0.3) is 0 Å². The summed E-state index contributed by atoms with van der Waals surface area (Å²) in [6.45, 7) is 6.45. The first-order valence-corrected chi connectivity index (χ1v) is 9.15. The summed E-state index contributed by atoms with van der Waals surface area (Å²) < 4.78 is 7.18. The number of aliphatic hydroxyl groups is 1. The predicted octanol–water partition coefficient (Wildman–Crippen LogP) is 2.53. The summed E-state index contributed by atoms with van der Waals surface area (Å²) in [6.07, 6.45) is 1.20. The van der Waals surface area contributed by atoms with E-state index in [0.29, 0.717) is 47.3 Å². The standard InChI is InChI=1S/C19H26N6O3/c1-11(2)25-10-22-16-17(23-19(24-18(16)25)21-8-12(3)26)20-9-13-7-14(28-4)5-6-15(13)27/h5-7,10-12,26-27H,8-9H2,1-4H3,(H2,20,21,23,24). The van der Waals surface area contributed by atoms with Crippen molar-refractivity contribution < 1.29 is 14.9 Å². The van der Waals surface area contributed by atoms with Crippen LogP contribution >= 0.6 is 0 Å². The molecule has 3 rings (SSSR count). The zero-order chi connectivity index (χ0) is 20.3. The molecule has 0 aliphatic rings. The molecule has 9 heteroatoms. The van der Waals surface area contributed by atoms with Gasteiger partial charge in [-0.25, -0.2) is 4.98 Å². The van der Waals surface area contributed by atoms with Crippen molar-refractivity contribution >= 4 is 22.9 Å². The lowest BCUT2D eigenvalue weighted by Gasteiger charge is -2.13. The number of fused-ring (bicyclic) bond motifs is 1. The van der Waals surface area contributed by atoms with Gasteiger partial charge in [-0.1, -0.05) is 0 Å². The largest absolute Gasteiger partial charge is 0.508 e. The van der Waals surface area contributed by atoms with Crippen molar-refractivity contribution in [2.45, 2.75) is 39.5 Å². The maximum absolute atomic E-state index is 10.1. The van der Waals surface area contributed by atoms with Gasteiger partial charge in [-0.05, 0) is 39.0 Å². The van der Waals surface area contributed by atoms with Crippen LogP contribution in [0.3, 0.4) is 0 Å². The molecule has 4 N–H and O–H groups in total. The number of imidazole rings is 1. The number of hydrogen-bond acceptors (Lipinski definition) is 8. The zero-order valence-corrected chi connectivity index (χ0v) is 16.5. The third-order valence-electron chi connectivity index (χ3n) is 4.27. The van der Waals surface area contributed by atoms with Crippen molar-refractivity contribution in [2.24, 2.45) is 0 Å². The Morgan fingerprint density at radius 2 is 1.96 bits per heavy atom. The molecule has 1 aromatic carbocycles. The minimum absolute atomic E-state index is 0.166. The van der Waals surface area contributed by atoms with Gasteiger partial charge in [-0.3, -0.25) is 0 Å². The van der Waals surface area contributed by atoms with E-state index in [1.165, 1.54) is 0 Å². The Balaban J connectivity index is 1.94. The second-order valence-electron chi connectivity index (χ2n) is 6.89. The first-order valence-electron chi connectivity index (χ1n) is 9.15. The van der Waals surface area contributed by atoms with Crippen molar-refractivity contribution in [3.05, 3.63) is 30.1 Å². The maximum Gasteiger partial charge on any atom is 0.226 e. The maximum atomic E-state index is 10.1. The molecule has 2 aromatic heterocycles. The van der Waals surface area contributed by atoms with Crippen molar-refractivity contribution in [2.75, 3.05) is 24.3 Å². The number of ether oxygens (including phenoxy) is 1. The number of hydrogen-bond donors (Lipinski definition) is 4. The van der Waals surface area contributed by atoms with Crippen LogP contribution in [0.25, 0.3) is 11.2 Å².